The van der Waals surface area contributed by atoms with Crippen LogP contribution in [0.4, 0.5) is 8.78 Å². The van der Waals surface area contributed by atoms with Crippen LogP contribution in [0.1, 0.15) is 68.2 Å². The van der Waals surface area contributed by atoms with E-state index < -0.39 is 6.67 Å². The van der Waals surface area contributed by atoms with E-state index in [1.54, 1.807) is 12.3 Å². The van der Waals surface area contributed by atoms with Crippen molar-refractivity contribution in [1.82, 2.24) is 0 Å². The van der Waals surface area contributed by atoms with Crippen LogP contribution in [0.5, 0.6) is 0 Å². The minimum Gasteiger partial charge on any atom is -0.251 e. The van der Waals surface area contributed by atoms with Gasteiger partial charge in [0.1, 0.15) is 5.82 Å². The minimum absolute atomic E-state index is 0.237. The Labute approximate surface area is 167 Å². The lowest BCUT2D eigenvalue weighted by molar-refractivity contribution is 0.479. The van der Waals surface area contributed by atoms with Gasteiger partial charge in [-0.05, 0) is 54.9 Å². The summed E-state index contributed by atoms with van der Waals surface area (Å²) in [4.78, 5) is 0. The predicted molar refractivity (Wildman–Crippen MR) is 115 cm³/mol. The van der Waals surface area contributed by atoms with Crippen LogP contribution >= 0.6 is 0 Å². The Balaban J connectivity index is 2.14. The number of halogens is 2. The molecule has 0 aromatic heterocycles. The van der Waals surface area contributed by atoms with Crippen LogP contribution in [0.15, 0.2) is 52.7 Å². The number of hydrogen-bond donors (Lipinski definition) is 0. The molecule has 0 aliphatic heterocycles. The molecule has 28 heavy (non-hydrogen) atoms. The molecule has 0 radical (unpaired) electrons. The molecule has 2 aromatic carbocycles. The van der Waals surface area contributed by atoms with E-state index in [4.69, 9.17) is 0 Å². The van der Waals surface area contributed by atoms with Crippen LogP contribution in [0, 0.1) is 5.82 Å². The third kappa shape index (κ3) is 6.99. The molecule has 0 unspecified atom stereocenters. The monoisotopic (exact) mass is 384 g/mol. The number of aryl methyl sites for hydroxylation is 2. The van der Waals surface area contributed by atoms with Gasteiger partial charge in [-0.15, -0.1) is 0 Å². The lowest BCUT2D eigenvalue weighted by atomic mass is 10.0. The molecule has 0 spiro atoms. The topological polar surface area (TPSA) is 24.7 Å². The summed E-state index contributed by atoms with van der Waals surface area (Å²) in [6, 6.07) is 13.4. The number of unbranched alkanes of at least 4 members (excludes halogenated alkanes) is 1. The fourth-order valence-electron chi connectivity index (χ4n) is 3.00. The first-order valence-electron chi connectivity index (χ1n) is 10.2. The maximum atomic E-state index is 14.3. The normalized spacial score (nSPS) is 12.1. The highest BCUT2D eigenvalue weighted by Gasteiger charge is 2.08. The maximum Gasteiger partial charge on any atom is 0.127 e. The second-order valence-electron chi connectivity index (χ2n) is 6.99. The average molecular weight is 385 g/mol. The number of nitrogens with zero attached hydrogens (tertiary/aromatic N) is 2. The van der Waals surface area contributed by atoms with Gasteiger partial charge in [-0.3, -0.25) is 4.39 Å². The van der Waals surface area contributed by atoms with Gasteiger partial charge in [0, 0.05) is 5.56 Å². The molecule has 0 saturated carbocycles. The molecule has 2 nitrogen and oxygen atoms in total. The van der Waals surface area contributed by atoms with Crippen molar-refractivity contribution in [2.24, 2.45) is 10.2 Å². The summed E-state index contributed by atoms with van der Waals surface area (Å²) in [7, 11) is 0. The third-order valence-electron chi connectivity index (χ3n) is 4.64. The summed E-state index contributed by atoms with van der Waals surface area (Å²) in [6.07, 6.45) is 7.49. The molecule has 2 rings (SSSR count). The zero-order chi connectivity index (χ0) is 20.2. The SMILES string of the molecule is CCCCc1ccc(C=NN=C(CCCF)c2ccc(CCC)c(F)c2)cc1. The minimum atomic E-state index is -0.432. The van der Waals surface area contributed by atoms with Gasteiger partial charge >= 0.3 is 0 Å². The van der Waals surface area contributed by atoms with Crippen LogP contribution in [-0.2, 0) is 12.8 Å². The van der Waals surface area contributed by atoms with Crippen molar-refractivity contribution < 1.29 is 8.78 Å². The van der Waals surface area contributed by atoms with Crippen molar-refractivity contribution in [1.29, 1.82) is 0 Å². The van der Waals surface area contributed by atoms with E-state index in [9.17, 15) is 8.78 Å². The summed E-state index contributed by atoms with van der Waals surface area (Å²) < 4.78 is 26.9. The molecule has 0 aliphatic rings. The zero-order valence-electron chi connectivity index (χ0n) is 16.9. The summed E-state index contributed by atoms with van der Waals surface area (Å²) in [5, 5.41) is 8.44. The maximum absolute atomic E-state index is 14.3. The summed E-state index contributed by atoms with van der Waals surface area (Å²) >= 11 is 0. The van der Waals surface area contributed by atoms with Crippen molar-refractivity contribution in [2.75, 3.05) is 6.67 Å². The first-order chi connectivity index (χ1) is 13.7. The van der Waals surface area contributed by atoms with Crippen molar-refractivity contribution in [2.45, 2.75) is 58.8 Å². The van der Waals surface area contributed by atoms with Crippen molar-refractivity contribution in [3.05, 3.63) is 70.5 Å². The first-order valence-corrected chi connectivity index (χ1v) is 10.2. The summed E-state index contributed by atoms with van der Waals surface area (Å²) in [5.41, 5.74) is 4.24. The predicted octanol–water partition coefficient (Wildman–Crippen LogP) is 6.69. The fraction of sp³-hybridized carbons (Fsp3) is 0.417. The van der Waals surface area contributed by atoms with Gasteiger partial charge in [-0.25, -0.2) is 4.39 Å². The molecule has 2 aromatic rings. The van der Waals surface area contributed by atoms with Gasteiger partial charge in [0.05, 0.1) is 18.6 Å². The molecule has 0 fully saturated rings. The van der Waals surface area contributed by atoms with Gasteiger partial charge in [0.2, 0.25) is 0 Å². The first kappa shape index (κ1) is 21.9. The van der Waals surface area contributed by atoms with Crippen LogP contribution in [0.3, 0.4) is 0 Å². The molecular formula is C24H30F2N2. The highest BCUT2D eigenvalue weighted by atomic mass is 19.1. The van der Waals surface area contributed by atoms with E-state index >= 15 is 0 Å². The zero-order valence-corrected chi connectivity index (χ0v) is 16.9. The van der Waals surface area contributed by atoms with Gasteiger partial charge < -0.3 is 0 Å². The summed E-state index contributed by atoms with van der Waals surface area (Å²) in [6.45, 7) is 3.77. The molecule has 0 amide bonds. The van der Waals surface area contributed by atoms with Crippen molar-refractivity contribution in [3.63, 3.8) is 0 Å². The Kier molecular flexibility index (Phi) is 9.53. The quantitative estimate of drug-likeness (QED) is 0.304. The van der Waals surface area contributed by atoms with Gasteiger partial charge in [-0.2, -0.15) is 10.2 Å². The highest BCUT2D eigenvalue weighted by Crippen LogP contribution is 2.16. The van der Waals surface area contributed by atoms with Gasteiger partial charge in [-0.1, -0.05) is 63.1 Å². The smallest absolute Gasteiger partial charge is 0.127 e. The molecule has 0 heterocycles. The van der Waals surface area contributed by atoms with Crippen molar-refractivity contribution in [3.8, 4) is 0 Å². The number of alkyl halides is 1. The fourth-order valence-corrected chi connectivity index (χ4v) is 3.00. The second kappa shape index (κ2) is 12.2. The molecule has 0 bridgehead atoms. The van der Waals surface area contributed by atoms with E-state index in [1.165, 1.54) is 24.5 Å². The highest BCUT2D eigenvalue weighted by molar-refractivity contribution is 6.00. The van der Waals surface area contributed by atoms with Crippen LogP contribution < -0.4 is 0 Å². The lowest BCUT2D eigenvalue weighted by Gasteiger charge is -2.07. The molecule has 150 valence electrons. The lowest BCUT2D eigenvalue weighted by Crippen LogP contribution is -2.03. The standard InChI is InChI=1S/C24H30F2N2/c1-3-5-8-19-10-12-20(13-11-19)18-27-28-24(9-6-16-25)22-15-14-21(7-4-2)23(26)17-22/h10-15,17-18H,3-9,16H2,1-2H3. The van der Waals surface area contributed by atoms with Gasteiger partial charge in [0.25, 0.3) is 0 Å². The second-order valence-corrected chi connectivity index (χ2v) is 6.99. The Hall–Kier alpha value is -2.36. The Morgan fingerprint density at radius 3 is 2.39 bits per heavy atom. The van der Waals surface area contributed by atoms with E-state index in [0.717, 1.165) is 18.4 Å². The Bertz CT molecular complexity index is 780. The van der Waals surface area contributed by atoms with E-state index in [1.807, 2.05) is 25.1 Å². The van der Waals surface area contributed by atoms with E-state index in [-0.39, 0.29) is 5.82 Å². The van der Waals surface area contributed by atoms with Crippen LogP contribution in [0.2, 0.25) is 0 Å². The Morgan fingerprint density at radius 1 is 0.964 bits per heavy atom. The van der Waals surface area contributed by atoms with Gasteiger partial charge in [0.15, 0.2) is 0 Å². The largest absolute Gasteiger partial charge is 0.251 e. The number of rotatable bonds is 11. The molecule has 0 saturated heterocycles. The molecule has 4 heteroatoms. The molecule has 0 N–H and O–H groups in total. The number of benzene rings is 2. The average Bonchev–Trinajstić information content (AvgIpc) is 2.71. The van der Waals surface area contributed by atoms with E-state index in [0.29, 0.717) is 36.1 Å². The molecule has 0 atom stereocenters. The molecule has 0 aliphatic carbocycles. The summed E-state index contributed by atoms with van der Waals surface area (Å²) in [5.74, 6) is -0.237. The van der Waals surface area contributed by atoms with Crippen LogP contribution in [-0.4, -0.2) is 18.6 Å². The van der Waals surface area contributed by atoms with Crippen molar-refractivity contribution >= 4 is 11.9 Å². The number of hydrogen-bond acceptors (Lipinski definition) is 2. The van der Waals surface area contributed by atoms with E-state index in [2.05, 4.69) is 29.3 Å². The Morgan fingerprint density at radius 2 is 1.75 bits per heavy atom. The molecular weight excluding hydrogens is 354 g/mol. The third-order valence-corrected chi connectivity index (χ3v) is 4.64. The van der Waals surface area contributed by atoms with Crippen LogP contribution in [0.25, 0.3) is 0 Å².